The molecule has 2 heterocycles. The van der Waals surface area contributed by atoms with Gasteiger partial charge in [-0.25, -0.2) is 9.78 Å². The summed E-state index contributed by atoms with van der Waals surface area (Å²) in [6.07, 6.45) is 0. The van der Waals surface area contributed by atoms with Crippen LogP contribution in [0.2, 0.25) is 0 Å². The van der Waals surface area contributed by atoms with Crippen LogP contribution in [0.5, 0.6) is 0 Å². The Bertz CT molecular complexity index is 822. The zero-order valence-electron chi connectivity index (χ0n) is 14.3. The van der Waals surface area contributed by atoms with Crippen LogP contribution in [0.4, 0.5) is 5.82 Å². The van der Waals surface area contributed by atoms with E-state index in [-0.39, 0.29) is 0 Å². The van der Waals surface area contributed by atoms with Crippen LogP contribution in [0.25, 0.3) is 11.1 Å². The lowest BCUT2D eigenvalue weighted by Crippen LogP contribution is -2.37. The van der Waals surface area contributed by atoms with Crippen LogP contribution in [0.15, 0.2) is 30.3 Å². The molecule has 128 valence electrons. The summed E-state index contributed by atoms with van der Waals surface area (Å²) in [5, 5.41) is 9.86. The van der Waals surface area contributed by atoms with Crippen LogP contribution >= 0.6 is 0 Å². The number of carbonyl (C=O) groups excluding carboxylic acids is 1. The van der Waals surface area contributed by atoms with Gasteiger partial charge in [0.15, 0.2) is 0 Å². The van der Waals surface area contributed by atoms with E-state index < -0.39 is 5.97 Å². The average Bonchev–Trinajstić information content (AvgIpc) is 2.67. The molecule has 0 spiro atoms. The normalized spacial score (nSPS) is 14.0. The maximum Gasteiger partial charge on any atom is 0.340 e. The van der Waals surface area contributed by atoms with Crippen LogP contribution in [-0.2, 0) is 9.47 Å². The molecule has 0 bridgehead atoms. The highest BCUT2D eigenvalue weighted by atomic mass is 16.5. The second kappa shape index (κ2) is 7.32. The Kier molecular flexibility index (Phi) is 4.96. The Hall–Kier alpha value is -2.91. The summed E-state index contributed by atoms with van der Waals surface area (Å²) in [6, 6.07) is 11.7. The molecule has 1 saturated heterocycles. The van der Waals surface area contributed by atoms with Gasteiger partial charge in [-0.05, 0) is 12.5 Å². The minimum atomic E-state index is -0.492. The number of esters is 1. The first-order valence-electron chi connectivity index (χ1n) is 8.08. The Labute approximate surface area is 146 Å². The quantitative estimate of drug-likeness (QED) is 0.801. The van der Waals surface area contributed by atoms with Crippen molar-refractivity contribution in [2.45, 2.75) is 6.92 Å². The molecule has 0 unspecified atom stereocenters. The first-order chi connectivity index (χ1) is 12.2. The third-order valence-electron chi connectivity index (χ3n) is 4.23. The molecule has 1 aliphatic rings. The highest BCUT2D eigenvalue weighted by Crippen LogP contribution is 2.35. The van der Waals surface area contributed by atoms with Gasteiger partial charge in [0.05, 0.1) is 31.6 Å². The van der Waals surface area contributed by atoms with Gasteiger partial charge in [-0.1, -0.05) is 30.3 Å². The smallest absolute Gasteiger partial charge is 0.340 e. The van der Waals surface area contributed by atoms with Crippen molar-refractivity contribution in [2.24, 2.45) is 0 Å². The number of aromatic nitrogens is 1. The molecule has 1 aliphatic heterocycles. The molecule has 1 fully saturated rings. The zero-order valence-corrected chi connectivity index (χ0v) is 14.3. The average molecular weight is 337 g/mol. The van der Waals surface area contributed by atoms with Gasteiger partial charge in [0.1, 0.15) is 17.5 Å². The van der Waals surface area contributed by atoms with Crippen molar-refractivity contribution in [3.63, 3.8) is 0 Å². The molecule has 0 saturated carbocycles. The van der Waals surface area contributed by atoms with Crippen molar-refractivity contribution in [3.8, 4) is 17.2 Å². The van der Waals surface area contributed by atoms with E-state index in [4.69, 9.17) is 9.47 Å². The summed E-state index contributed by atoms with van der Waals surface area (Å²) >= 11 is 0. The van der Waals surface area contributed by atoms with Crippen LogP contribution in [0.3, 0.4) is 0 Å². The van der Waals surface area contributed by atoms with Gasteiger partial charge in [0, 0.05) is 18.7 Å². The molecule has 0 amide bonds. The van der Waals surface area contributed by atoms with Gasteiger partial charge in [-0.2, -0.15) is 5.26 Å². The summed E-state index contributed by atoms with van der Waals surface area (Å²) in [7, 11) is 1.33. The monoisotopic (exact) mass is 337 g/mol. The molecule has 0 atom stereocenters. The molecule has 3 rings (SSSR count). The number of hydrogen-bond donors (Lipinski definition) is 0. The van der Waals surface area contributed by atoms with Crippen molar-refractivity contribution < 1.29 is 14.3 Å². The molecule has 0 N–H and O–H groups in total. The van der Waals surface area contributed by atoms with Gasteiger partial charge >= 0.3 is 5.97 Å². The van der Waals surface area contributed by atoms with Crippen LogP contribution < -0.4 is 4.90 Å². The number of aryl methyl sites for hydroxylation is 1. The molecule has 0 aliphatic carbocycles. The second-order valence-corrected chi connectivity index (χ2v) is 5.71. The predicted molar refractivity (Wildman–Crippen MR) is 93.5 cm³/mol. The van der Waals surface area contributed by atoms with Gasteiger partial charge in [-0.15, -0.1) is 0 Å². The van der Waals surface area contributed by atoms with E-state index in [0.29, 0.717) is 54.5 Å². The van der Waals surface area contributed by atoms with Gasteiger partial charge in [-0.3, -0.25) is 0 Å². The number of nitrogens with zero attached hydrogens (tertiary/aromatic N) is 3. The van der Waals surface area contributed by atoms with Crippen LogP contribution in [0, 0.1) is 18.3 Å². The Morgan fingerprint density at radius 2 is 1.96 bits per heavy atom. The SMILES string of the molecule is COC(=O)c1c(C)nc(N2CCOCC2)c(C#N)c1-c1ccccc1. The topological polar surface area (TPSA) is 75.4 Å². The van der Waals surface area contributed by atoms with E-state index in [9.17, 15) is 10.1 Å². The number of carbonyl (C=O) groups is 1. The Morgan fingerprint density at radius 1 is 1.28 bits per heavy atom. The third kappa shape index (κ3) is 3.19. The largest absolute Gasteiger partial charge is 0.465 e. The van der Waals surface area contributed by atoms with Crippen molar-refractivity contribution >= 4 is 11.8 Å². The number of rotatable bonds is 3. The predicted octanol–water partition coefficient (Wildman–Crippen LogP) is 2.55. The van der Waals surface area contributed by atoms with Crippen molar-refractivity contribution in [1.29, 1.82) is 5.26 Å². The molecule has 0 radical (unpaired) electrons. The fourth-order valence-corrected chi connectivity index (χ4v) is 3.04. The highest BCUT2D eigenvalue weighted by molar-refractivity contribution is 6.01. The van der Waals surface area contributed by atoms with E-state index in [0.717, 1.165) is 5.56 Å². The summed E-state index contributed by atoms with van der Waals surface area (Å²) in [5.41, 5.74) is 2.64. The van der Waals surface area contributed by atoms with E-state index >= 15 is 0 Å². The number of benzene rings is 1. The summed E-state index contributed by atoms with van der Waals surface area (Å²) < 4.78 is 10.3. The fourth-order valence-electron chi connectivity index (χ4n) is 3.04. The summed E-state index contributed by atoms with van der Waals surface area (Å²) in [4.78, 5) is 19.0. The van der Waals surface area contributed by atoms with E-state index in [1.807, 2.05) is 35.2 Å². The molecule has 6 nitrogen and oxygen atoms in total. The van der Waals surface area contributed by atoms with Crippen LogP contribution in [-0.4, -0.2) is 44.4 Å². The highest BCUT2D eigenvalue weighted by Gasteiger charge is 2.27. The number of anilines is 1. The van der Waals surface area contributed by atoms with Gasteiger partial charge in [0.25, 0.3) is 0 Å². The third-order valence-corrected chi connectivity index (χ3v) is 4.23. The first-order valence-corrected chi connectivity index (χ1v) is 8.08. The molecule has 25 heavy (non-hydrogen) atoms. The number of nitriles is 1. The lowest BCUT2D eigenvalue weighted by molar-refractivity contribution is 0.0600. The molecule has 6 heteroatoms. The molecule has 1 aromatic carbocycles. The molecular formula is C19H19N3O3. The first kappa shape index (κ1) is 16.9. The van der Waals surface area contributed by atoms with E-state index in [2.05, 4.69) is 11.1 Å². The summed E-state index contributed by atoms with van der Waals surface area (Å²) in [6.45, 7) is 4.26. The minimum absolute atomic E-state index is 0.335. The van der Waals surface area contributed by atoms with E-state index in [1.54, 1.807) is 6.92 Å². The summed E-state index contributed by atoms with van der Waals surface area (Å²) in [5.74, 6) is 0.101. The Balaban J connectivity index is 2.29. The zero-order chi connectivity index (χ0) is 17.8. The number of hydrogen-bond acceptors (Lipinski definition) is 6. The minimum Gasteiger partial charge on any atom is -0.465 e. The maximum absolute atomic E-state index is 12.4. The van der Waals surface area contributed by atoms with Crippen LogP contribution in [0.1, 0.15) is 21.6 Å². The molecule has 2 aromatic rings. The molecular weight excluding hydrogens is 318 g/mol. The number of methoxy groups -OCH3 is 1. The number of pyridine rings is 1. The Morgan fingerprint density at radius 3 is 2.56 bits per heavy atom. The van der Waals surface area contributed by atoms with Gasteiger partial charge < -0.3 is 14.4 Å². The fraction of sp³-hybridized carbons (Fsp3) is 0.316. The standard InChI is InChI=1S/C19H19N3O3/c1-13-16(19(23)24-2)17(14-6-4-3-5-7-14)15(12-20)18(21-13)22-8-10-25-11-9-22/h3-7H,8-11H2,1-2H3. The number of morpholine rings is 1. The van der Waals surface area contributed by atoms with Crippen molar-refractivity contribution in [3.05, 3.63) is 47.2 Å². The van der Waals surface area contributed by atoms with E-state index in [1.165, 1.54) is 7.11 Å². The van der Waals surface area contributed by atoms with Gasteiger partial charge in [0.2, 0.25) is 0 Å². The molecule has 1 aromatic heterocycles. The number of ether oxygens (including phenoxy) is 2. The maximum atomic E-state index is 12.4. The second-order valence-electron chi connectivity index (χ2n) is 5.71. The van der Waals surface area contributed by atoms with Crippen molar-refractivity contribution in [1.82, 2.24) is 4.98 Å². The lowest BCUT2D eigenvalue weighted by Gasteiger charge is -2.30. The lowest BCUT2D eigenvalue weighted by atomic mass is 9.94. The van der Waals surface area contributed by atoms with Crippen molar-refractivity contribution in [2.75, 3.05) is 38.3 Å².